The quantitative estimate of drug-likeness (QED) is 0.306. The summed E-state index contributed by atoms with van der Waals surface area (Å²) in [6.07, 6.45) is -4.83. The van der Waals surface area contributed by atoms with Crippen molar-refractivity contribution in [1.29, 1.82) is 0 Å². The van der Waals surface area contributed by atoms with Crippen LogP contribution in [0.25, 0.3) is 0 Å². The highest BCUT2D eigenvalue weighted by molar-refractivity contribution is 5.77. The van der Waals surface area contributed by atoms with E-state index in [1.165, 1.54) is 6.92 Å². The molecule has 0 aromatic carbocycles. The highest BCUT2D eigenvalue weighted by Crippen LogP contribution is 2.20. The Labute approximate surface area is 116 Å². The molecule has 1 aliphatic heterocycles. The van der Waals surface area contributed by atoms with Gasteiger partial charge in [-0.15, -0.1) is 0 Å². The molecular formula is C11H21N3O6. The van der Waals surface area contributed by atoms with Crippen LogP contribution in [-0.4, -0.2) is 70.9 Å². The lowest BCUT2D eigenvalue weighted by molar-refractivity contribution is -0.203. The molecule has 0 aromatic heterocycles. The molecule has 0 saturated carbocycles. The lowest BCUT2D eigenvalue weighted by Crippen LogP contribution is -2.68. The molecule has 0 spiro atoms. The second-order valence-electron chi connectivity index (χ2n) is 4.59. The van der Waals surface area contributed by atoms with Gasteiger partial charge >= 0.3 is 0 Å². The first kappa shape index (κ1) is 16.8. The van der Waals surface area contributed by atoms with Crippen molar-refractivity contribution in [3.05, 3.63) is 0 Å². The van der Waals surface area contributed by atoms with Gasteiger partial charge in [0.05, 0.1) is 6.61 Å². The van der Waals surface area contributed by atoms with Gasteiger partial charge in [-0.2, -0.15) is 0 Å². The van der Waals surface area contributed by atoms with Gasteiger partial charge < -0.3 is 36.4 Å². The molecule has 2 amide bonds. The van der Waals surface area contributed by atoms with Crippen molar-refractivity contribution >= 4 is 11.8 Å². The van der Waals surface area contributed by atoms with Crippen molar-refractivity contribution in [2.45, 2.75) is 43.9 Å². The molecule has 116 valence electrons. The van der Waals surface area contributed by atoms with Gasteiger partial charge in [0.2, 0.25) is 11.8 Å². The SMILES string of the molecule is CC(=O)N[C@@H]1[C@@H](O)[C@H](O)[C@@H](CO)O[C@H]1NC(=O)CCN. The fourth-order valence-corrected chi connectivity index (χ4v) is 2.00. The topological polar surface area (TPSA) is 154 Å². The van der Waals surface area contributed by atoms with E-state index in [2.05, 4.69) is 10.6 Å². The molecule has 1 heterocycles. The number of amides is 2. The Morgan fingerprint density at radius 3 is 2.40 bits per heavy atom. The predicted octanol–water partition coefficient (Wildman–Crippen LogP) is -3.60. The summed E-state index contributed by atoms with van der Waals surface area (Å²) in [5, 5.41) is 33.7. The molecule has 0 aliphatic carbocycles. The van der Waals surface area contributed by atoms with Gasteiger partial charge in [0.15, 0.2) is 6.23 Å². The third kappa shape index (κ3) is 4.12. The standard InChI is InChI=1S/C11H21N3O6/c1-5(16)13-8-10(19)9(18)6(4-15)20-11(8)14-7(17)2-3-12/h6,8-11,15,18-19H,2-4,12H2,1H3,(H,13,16)(H,14,17)/t6-,8-,9-,10-,11-/m1/s1. The summed E-state index contributed by atoms with van der Waals surface area (Å²) in [5.41, 5.74) is 5.25. The number of aliphatic hydroxyl groups is 3. The second kappa shape index (κ2) is 7.50. The lowest BCUT2D eigenvalue weighted by Gasteiger charge is -2.42. The lowest BCUT2D eigenvalue weighted by atomic mass is 9.96. The van der Waals surface area contributed by atoms with E-state index in [9.17, 15) is 19.8 Å². The Kier molecular flexibility index (Phi) is 6.30. The van der Waals surface area contributed by atoms with E-state index in [-0.39, 0.29) is 13.0 Å². The first-order valence-electron chi connectivity index (χ1n) is 6.29. The number of carbonyl (C=O) groups excluding carboxylic acids is 2. The Hall–Kier alpha value is -1.26. The minimum Gasteiger partial charge on any atom is -0.394 e. The van der Waals surface area contributed by atoms with E-state index < -0.39 is 49.0 Å². The molecule has 0 bridgehead atoms. The smallest absolute Gasteiger partial charge is 0.223 e. The molecule has 9 heteroatoms. The van der Waals surface area contributed by atoms with Crippen molar-refractivity contribution in [1.82, 2.24) is 10.6 Å². The van der Waals surface area contributed by atoms with Crippen LogP contribution < -0.4 is 16.4 Å². The molecule has 1 fully saturated rings. The maximum absolute atomic E-state index is 11.5. The summed E-state index contributed by atoms with van der Waals surface area (Å²) < 4.78 is 5.30. The molecule has 20 heavy (non-hydrogen) atoms. The van der Waals surface area contributed by atoms with Crippen LogP contribution in [0.2, 0.25) is 0 Å². The van der Waals surface area contributed by atoms with Crippen LogP contribution in [0.4, 0.5) is 0 Å². The molecule has 0 radical (unpaired) electrons. The number of aliphatic hydroxyl groups excluding tert-OH is 3. The Bertz CT molecular complexity index is 353. The zero-order valence-corrected chi connectivity index (χ0v) is 11.2. The fourth-order valence-electron chi connectivity index (χ4n) is 2.00. The summed E-state index contributed by atoms with van der Waals surface area (Å²) in [6.45, 7) is 0.836. The minimum absolute atomic E-state index is 0.0507. The first-order valence-corrected chi connectivity index (χ1v) is 6.29. The molecule has 7 N–H and O–H groups in total. The molecule has 0 aromatic rings. The van der Waals surface area contributed by atoms with E-state index in [0.717, 1.165) is 0 Å². The van der Waals surface area contributed by atoms with Crippen molar-refractivity contribution < 1.29 is 29.6 Å². The molecule has 9 nitrogen and oxygen atoms in total. The average Bonchev–Trinajstić information content (AvgIpc) is 2.38. The van der Waals surface area contributed by atoms with Gasteiger partial charge in [-0.25, -0.2) is 0 Å². The summed E-state index contributed by atoms with van der Waals surface area (Å²) in [7, 11) is 0. The third-order valence-corrected chi connectivity index (χ3v) is 2.97. The largest absolute Gasteiger partial charge is 0.394 e. The molecule has 5 atom stereocenters. The Balaban J connectivity index is 2.83. The van der Waals surface area contributed by atoms with Crippen LogP contribution in [0.15, 0.2) is 0 Å². The highest BCUT2D eigenvalue weighted by Gasteiger charge is 2.45. The summed E-state index contributed by atoms with van der Waals surface area (Å²) in [4.78, 5) is 22.7. The summed E-state index contributed by atoms with van der Waals surface area (Å²) in [6, 6.07) is -1.02. The maximum Gasteiger partial charge on any atom is 0.223 e. The molecule has 0 unspecified atom stereocenters. The van der Waals surface area contributed by atoms with Crippen LogP contribution in [0.3, 0.4) is 0 Å². The van der Waals surface area contributed by atoms with E-state index in [1.54, 1.807) is 0 Å². The zero-order chi connectivity index (χ0) is 15.3. The van der Waals surface area contributed by atoms with Crippen molar-refractivity contribution in [3.63, 3.8) is 0 Å². The molecule has 1 saturated heterocycles. The number of carbonyl (C=O) groups is 2. The summed E-state index contributed by atoms with van der Waals surface area (Å²) >= 11 is 0. The van der Waals surface area contributed by atoms with E-state index >= 15 is 0 Å². The van der Waals surface area contributed by atoms with Gasteiger partial charge in [-0.05, 0) is 0 Å². The van der Waals surface area contributed by atoms with Crippen LogP contribution in [-0.2, 0) is 14.3 Å². The second-order valence-corrected chi connectivity index (χ2v) is 4.59. The van der Waals surface area contributed by atoms with Crippen molar-refractivity contribution in [2.24, 2.45) is 5.73 Å². The number of nitrogens with one attached hydrogen (secondary N) is 2. The van der Waals surface area contributed by atoms with Crippen LogP contribution in [0.5, 0.6) is 0 Å². The minimum atomic E-state index is -1.38. The fraction of sp³-hybridized carbons (Fsp3) is 0.818. The van der Waals surface area contributed by atoms with Gasteiger partial charge in [0, 0.05) is 19.9 Å². The molecule has 1 aliphatic rings. The predicted molar refractivity (Wildman–Crippen MR) is 67.2 cm³/mol. The Morgan fingerprint density at radius 2 is 1.90 bits per heavy atom. The summed E-state index contributed by atoms with van der Waals surface area (Å²) in [5.74, 6) is -0.876. The number of hydrogen-bond acceptors (Lipinski definition) is 7. The van der Waals surface area contributed by atoms with Crippen LogP contribution in [0.1, 0.15) is 13.3 Å². The average molecular weight is 291 g/mol. The van der Waals surface area contributed by atoms with E-state index in [4.69, 9.17) is 15.6 Å². The van der Waals surface area contributed by atoms with Gasteiger partial charge in [0.25, 0.3) is 0 Å². The van der Waals surface area contributed by atoms with E-state index in [0.29, 0.717) is 0 Å². The zero-order valence-electron chi connectivity index (χ0n) is 11.2. The van der Waals surface area contributed by atoms with Crippen molar-refractivity contribution in [2.75, 3.05) is 13.2 Å². The molecular weight excluding hydrogens is 270 g/mol. The first-order chi connectivity index (χ1) is 9.40. The number of ether oxygens (including phenoxy) is 1. The van der Waals surface area contributed by atoms with Gasteiger partial charge in [-0.1, -0.05) is 0 Å². The molecule has 1 rings (SSSR count). The number of rotatable bonds is 5. The van der Waals surface area contributed by atoms with E-state index in [1.807, 2.05) is 0 Å². The monoisotopic (exact) mass is 291 g/mol. The van der Waals surface area contributed by atoms with Crippen LogP contribution >= 0.6 is 0 Å². The van der Waals surface area contributed by atoms with Crippen LogP contribution in [0, 0.1) is 0 Å². The Morgan fingerprint density at radius 1 is 1.25 bits per heavy atom. The van der Waals surface area contributed by atoms with Gasteiger partial charge in [-0.3, -0.25) is 9.59 Å². The normalized spacial score (nSPS) is 33.5. The number of nitrogens with two attached hydrogens (primary N) is 1. The maximum atomic E-state index is 11.5. The third-order valence-electron chi connectivity index (χ3n) is 2.97. The number of hydrogen-bond donors (Lipinski definition) is 6. The van der Waals surface area contributed by atoms with Gasteiger partial charge in [0.1, 0.15) is 24.4 Å². The van der Waals surface area contributed by atoms with Crippen molar-refractivity contribution in [3.8, 4) is 0 Å². The highest BCUT2D eigenvalue weighted by atomic mass is 16.5.